The Balaban J connectivity index is 2.17. The maximum atomic E-state index is 12.4. The lowest BCUT2D eigenvalue weighted by Crippen LogP contribution is -2.62. The summed E-state index contributed by atoms with van der Waals surface area (Å²) in [6, 6.07) is 5.86. The number of nitrogens with two attached hydrogens (primary N) is 1. The van der Waals surface area contributed by atoms with E-state index in [9.17, 15) is 13.2 Å². The summed E-state index contributed by atoms with van der Waals surface area (Å²) in [7, 11) is 0. The van der Waals surface area contributed by atoms with E-state index in [1.54, 1.807) is 6.07 Å². The molecule has 1 aliphatic rings. The van der Waals surface area contributed by atoms with Gasteiger partial charge in [0.2, 0.25) is 0 Å². The van der Waals surface area contributed by atoms with Crippen LogP contribution in [0.1, 0.15) is 33.1 Å². The van der Waals surface area contributed by atoms with Crippen LogP contribution in [0.5, 0.6) is 11.5 Å². The van der Waals surface area contributed by atoms with Crippen molar-refractivity contribution < 1.29 is 22.6 Å². The molecule has 3 nitrogen and oxygen atoms in total. The summed E-state index contributed by atoms with van der Waals surface area (Å²) < 4.78 is 47.0. The van der Waals surface area contributed by atoms with Crippen LogP contribution in [0.4, 0.5) is 13.2 Å². The zero-order valence-corrected chi connectivity index (χ0v) is 12.1. The van der Waals surface area contributed by atoms with Crippen molar-refractivity contribution in [2.75, 3.05) is 0 Å². The van der Waals surface area contributed by atoms with Gasteiger partial charge in [-0.2, -0.15) is 0 Å². The summed E-state index contributed by atoms with van der Waals surface area (Å²) in [4.78, 5) is 0. The molecule has 6 heteroatoms. The largest absolute Gasteiger partial charge is 0.573 e. The molecule has 1 fully saturated rings. The summed E-state index contributed by atoms with van der Waals surface area (Å²) in [5, 5.41) is 0. The van der Waals surface area contributed by atoms with E-state index in [4.69, 9.17) is 10.5 Å². The summed E-state index contributed by atoms with van der Waals surface area (Å²) >= 11 is 0. The van der Waals surface area contributed by atoms with Crippen molar-refractivity contribution in [2.45, 2.75) is 51.6 Å². The molecule has 2 N–H and O–H groups in total. The van der Waals surface area contributed by atoms with Gasteiger partial charge in [-0.25, -0.2) is 0 Å². The Labute approximate surface area is 122 Å². The van der Waals surface area contributed by atoms with Crippen molar-refractivity contribution in [1.82, 2.24) is 0 Å². The number of benzene rings is 1. The fraction of sp³-hybridized carbons (Fsp3) is 0.600. The molecule has 0 aromatic heterocycles. The SMILES string of the molecule is CCC1(CC)C(N)CC1Oc1ccccc1OC(F)(F)F. The van der Waals surface area contributed by atoms with Gasteiger partial charge in [0.15, 0.2) is 11.5 Å². The molecular formula is C15H20F3NO2. The van der Waals surface area contributed by atoms with Gasteiger partial charge in [0, 0.05) is 17.9 Å². The van der Waals surface area contributed by atoms with Crippen molar-refractivity contribution in [2.24, 2.45) is 11.1 Å². The molecule has 2 rings (SSSR count). The number of hydrogen-bond acceptors (Lipinski definition) is 3. The molecule has 1 aliphatic carbocycles. The van der Waals surface area contributed by atoms with Gasteiger partial charge in [-0.1, -0.05) is 26.0 Å². The van der Waals surface area contributed by atoms with Crippen LogP contribution < -0.4 is 15.2 Å². The minimum atomic E-state index is -4.73. The number of alkyl halides is 3. The van der Waals surface area contributed by atoms with Crippen LogP contribution in [0.15, 0.2) is 24.3 Å². The molecule has 21 heavy (non-hydrogen) atoms. The average Bonchev–Trinajstić information content (AvgIpc) is 2.40. The van der Waals surface area contributed by atoms with E-state index < -0.39 is 6.36 Å². The van der Waals surface area contributed by atoms with E-state index in [-0.39, 0.29) is 29.1 Å². The third kappa shape index (κ3) is 3.10. The molecule has 1 aromatic rings. The van der Waals surface area contributed by atoms with Crippen LogP contribution in [0.3, 0.4) is 0 Å². The highest BCUT2D eigenvalue weighted by atomic mass is 19.4. The quantitative estimate of drug-likeness (QED) is 0.898. The third-order valence-corrected chi connectivity index (χ3v) is 4.51. The van der Waals surface area contributed by atoms with Gasteiger partial charge < -0.3 is 15.2 Å². The van der Waals surface area contributed by atoms with E-state index >= 15 is 0 Å². The van der Waals surface area contributed by atoms with Gasteiger partial charge in [-0.15, -0.1) is 13.2 Å². The van der Waals surface area contributed by atoms with E-state index in [1.165, 1.54) is 18.2 Å². The monoisotopic (exact) mass is 303 g/mol. The smallest absolute Gasteiger partial charge is 0.486 e. The number of ether oxygens (including phenoxy) is 2. The van der Waals surface area contributed by atoms with Crippen molar-refractivity contribution in [3.63, 3.8) is 0 Å². The normalized spacial score (nSPS) is 24.3. The second-order valence-electron chi connectivity index (χ2n) is 5.38. The second kappa shape index (κ2) is 5.75. The summed E-state index contributed by atoms with van der Waals surface area (Å²) in [6.45, 7) is 4.05. The Bertz CT molecular complexity index is 486. The fourth-order valence-corrected chi connectivity index (χ4v) is 3.08. The van der Waals surface area contributed by atoms with Crippen LogP contribution in [0, 0.1) is 5.41 Å². The first-order chi connectivity index (χ1) is 9.82. The lowest BCUT2D eigenvalue weighted by Gasteiger charge is -2.53. The first-order valence-electron chi connectivity index (χ1n) is 7.09. The molecule has 2 atom stereocenters. The first-order valence-corrected chi connectivity index (χ1v) is 7.09. The molecular weight excluding hydrogens is 283 g/mol. The van der Waals surface area contributed by atoms with E-state index in [0.717, 1.165) is 12.8 Å². The topological polar surface area (TPSA) is 44.5 Å². The van der Waals surface area contributed by atoms with Gasteiger partial charge in [0.1, 0.15) is 6.10 Å². The van der Waals surface area contributed by atoms with Gasteiger partial charge in [0.05, 0.1) is 0 Å². The highest BCUT2D eigenvalue weighted by Crippen LogP contribution is 2.49. The van der Waals surface area contributed by atoms with Crippen molar-refractivity contribution in [3.05, 3.63) is 24.3 Å². The van der Waals surface area contributed by atoms with E-state index in [0.29, 0.717) is 6.42 Å². The van der Waals surface area contributed by atoms with Gasteiger partial charge >= 0.3 is 6.36 Å². The minimum Gasteiger partial charge on any atom is -0.486 e. The molecule has 0 bridgehead atoms. The average molecular weight is 303 g/mol. The molecule has 1 saturated carbocycles. The van der Waals surface area contributed by atoms with Gasteiger partial charge in [-0.05, 0) is 25.0 Å². The predicted octanol–water partition coefficient (Wildman–Crippen LogP) is 3.87. The standard InChI is InChI=1S/C15H20F3NO2/c1-3-14(4-2)12(19)9-13(14)20-10-7-5-6-8-11(10)21-15(16,17)18/h5-8,12-13H,3-4,9,19H2,1-2H3. The Morgan fingerprint density at radius 1 is 1.19 bits per heavy atom. The van der Waals surface area contributed by atoms with Crippen LogP contribution in [-0.4, -0.2) is 18.5 Å². The van der Waals surface area contributed by atoms with Crippen molar-refractivity contribution >= 4 is 0 Å². The van der Waals surface area contributed by atoms with E-state index in [2.05, 4.69) is 4.74 Å². The maximum Gasteiger partial charge on any atom is 0.573 e. The third-order valence-electron chi connectivity index (χ3n) is 4.51. The molecule has 0 radical (unpaired) electrons. The molecule has 0 amide bonds. The zero-order chi connectivity index (χ0) is 15.7. The predicted molar refractivity (Wildman–Crippen MR) is 73.1 cm³/mol. The lowest BCUT2D eigenvalue weighted by molar-refractivity contribution is -0.275. The van der Waals surface area contributed by atoms with Crippen LogP contribution >= 0.6 is 0 Å². The molecule has 0 spiro atoms. The molecule has 118 valence electrons. The first kappa shape index (κ1) is 15.9. The van der Waals surface area contributed by atoms with Crippen molar-refractivity contribution in [1.29, 1.82) is 0 Å². The highest BCUT2D eigenvalue weighted by Gasteiger charge is 2.52. The molecule has 0 heterocycles. The lowest BCUT2D eigenvalue weighted by atomic mass is 9.59. The number of rotatable bonds is 5. The number of hydrogen-bond donors (Lipinski definition) is 1. The van der Waals surface area contributed by atoms with Crippen LogP contribution in [0.2, 0.25) is 0 Å². The minimum absolute atomic E-state index is 0.0215. The van der Waals surface area contributed by atoms with Crippen LogP contribution in [-0.2, 0) is 0 Å². The zero-order valence-electron chi connectivity index (χ0n) is 12.1. The molecule has 1 aromatic carbocycles. The Hall–Kier alpha value is -1.43. The fourth-order valence-electron chi connectivity index (χ4n) is 3.08. The highest BCUT2D eigenvalue weighted by molar-refractivity contribution is 5.40. The Morgan fingerprint density at radius 3 is 2.24 bits per heavy atom. The van der Waals surface area contributed by atoms with Crippen LogP contribution in [0.25, 0.3) is 0 Å². The van der Waals surface area contributed by atoms with E-state index in [1.807, 2.05) is 13.8 Å². The maximum absolute atomic E-state index is 12.4. The number of halogens is 3. The Kier molecular flexibility index (Phi) is 4.37. The molecule has 2 unspecified atom stereocenters. The molecule has 0 aliphatic heterocycles. The van der Waals surface area contributed by atoms with Gasteiger partial charge in [-0.3, -0.25) is 0 Å². The summed E-state index contributed by atoms with van der Waals surface area (Å²) in [5.41, 5.74) is 5.90. The van der Waals surface area contributed by atoms with Crippen molar-refractivity contribution in [3.8, 4) is 11.5 Å². The summed E-state index contributed by atoms with van der Waals surface area (Å²) in [6.07, 6.45) is -2.61. The van der Waals surface area contributed by atoms with Gasteiger partial charge in [0.25, 0.3) is 0 Å². The second-order valence-corrected chi connectivity index (χ2v) is 5.38. The molecule has 0 saturated heterocycles. The number of para-hydroxylation sites is 2. The summed E-state index contributed by atoms with van der Waals surface area (Å²) in [5.74, 6) is -0.204. The Morgan fingerprint density at radius 2 is 1.76 bits per heavy atom.